The fourth-order valence-corrected chi connectivity index (χ4v) is 3.87. The zero-order valence-corrected chi connectivity index (χ0v) is 16.5. The first-order valence-electron chi connectivity index (χ1n) is 8.73. The Balaban J connectivity index is 1.94. The molecule has 0 saturated heterocycles. The number of hydrogen-bond donors (Lipinski definition) is 0. The Morgan fingerprint density at radius 2 is 1.93 bits per heavy atom. The monoisotopic (exact) mass is 420 g/mol. The first-order valence-corrected chi connectivity index (χ1v) is 9.48. The van der Waals surface area contributed by atoms with Crippen molar-refractivity contribution in [3.63, 3.8) is 0 Å². The van der Waals surface area contributed by atoms with Crippen LogP contribution in [-0.4, -0.2) is 35.5 Å². The molecule has 0 N–H and O–H groups in total. The molecule has 0 amide bonds. The number of hydrogen-bond acceptors (Lipinski definition) is 2. The van der Waals surface area contributed by atoms with Crippen molar-refractivity contribution in [2.24, 2.45) is 0 Å². The molecular formula is C21H16Cl2F2N2O. The fourth-order valence-electron chi connectivity index (χ4n) is 3.50. The van der Waals surface area contributed by atoms with Gasteiger partial charge in [0.1, 0.15) is 5.82 Å². The fraction of sp³-hybridized carbons (Fsp3) is 0.190. The number of likely N-dealkylation sites (N-methyl/N-ethyl adjacent to an activating group) is 1. The van der Waals surface area contributed by atoms with Crippen molar-refractivity contribution in [2.75, 3.05) is 20.1 Å². The lowest BCUT2D eigenvalue weighted by molar-refractivity contribution is 0.0964. The van der Waals surface area contributed by atoms with Gasteiger partial charge in [-0.15, -0.1) is 0 Å². The molecule has 0 saturated carbocycles. The highest BCUT2D eigenvalue weighted by molar-refractivity contribution is 6.36. The molecule has 7 heteroatoms. The summed E-state index contributed by atoms with van der Waals surface area (Å²) in [4.78, 5) is 15.3. The van der Waals surface area contributed by atoms with E-state index in [0.29, 0.717) is 16.0 Å². The van der Waals surface area contributed by atoms with Crippen molar-refractivity contribution in [3.05, 3.63) is 75.4 Å². The van der Waals surface area contributed by atoms with E-state index in [1.54, 1.807) is 12.3 Å². The van der Waals surface area contributed by atoms with Gasteiger partial charge < -0.3 is 4.90 Å². The van der Waals surface area contributed by atoms with Crippen molar-refractivity contribution in [2.45, 2.75) is 6.42 Å². The first-order chi connectivity index (χ1) is 13.3. The van der Waals surface area contributed by atoms with Crippen molar-refractivity contribution in [1.82, 2.24) is 9.47 Å². The standard InChI is InChI=1S/C21H16Cl2F2N2O/c1-26-6-4-12(5-7-26)17-11-27(20-15(17)9-14(24)10-19(20)25)21(28)16-8-13(22)2-3-18(16)23/h2-4,8-11H,5-7H2,1H3. The van der Waals surface area contributed by atoms with E-state index in [0.717, 1.165) is 31.1 Å². The topological polar surface area (TPSA) is 25.2 Å². The Labute approximate surface area is 170 Å². The number of nitrogens with zero attached hydrogens (tertiary/aromatic N) is 2. The summed E-state index contributed by atoms with van der Waals surface area (Å²) in [5.41, 5.74) is 1.78. The van der Waals surface area contributed by atoms with Crippen LogP contribution in [0.4, 0.5) is 8.78 Å². The van der Waals surface area contributed by atoms with E-state index >= 15 is 0 Å². The number of aromatic nitrogens is 1. The van der Waals surface area contributed by atoms with Crippen LogP contribution in [0.1, 0.15) is 22.3 Å². The zero-order valence-electron chi connectivity index (χ0n) is 15.0. The summed E-state index contributed by atoms with van der Waals surface area (Å²) in [5, 5.41) is 0.910. The summed E-state index contributed by atoms with van der Waals surface area (Å²) in [6, 6.07) is 6.56. The normalized spacial score (nSPS) is 15.1. The summed E-state index contributed by atoms with van der Waals surface area (Å²) in [6.45, 7) is 1.55. The highest BCUT2D eigenvalue weighted by atomic mass is 35.5. The molecule has 2 heterocycles. The number of halogens is 4. The van der Waals surface area contributed by atoms with Crippen molar-refractivity contribution in [3.8, 4) is 0 Å². The van der Waals surface area contributed by atoms with Gasteiger partial charge in [0.05, 0.1) is 16.1 Å². The van der Waals surface area contributed by atoms with Gasteiger partial charge in [0.2, 0.25) is 0 Å². The molecular weight excluding hydrogens is 405 g/mol. The highest BCUT2D eigenvalue weighted by Crippen LogP contribution is 2.34. The van der Waals surface area contributed by atoms with E-state index in [2.05, 4.69) is 4.90 Å². The van der Waals surface area contributed by atoms with Gasteiger partial charge in [-0.25, -0.2) is 8.78 Å². The molecule has 3 aromatic rings. The predicted octanol–water partition coefficient (Wildman–Crippen LogP) is 5.63. The average molecular weight is 421 g/mol. The predicted molar refractivity (Wildman–Crippen MR) is 108 cm³/mol. The molecule has 0 radical (unpaired) electrons. The quantitative estimate of drug-likeness (QED) is 0.536. The van der Waals surface area contributed by atoms with Gasteiger partial charge in [0, 0.05) is 41.3 Å². The third kappa shape index (κ3) is 3.34. The van der Waals surface area contributed by atoms with Crippen LogP contribution in [-0.2, 0) is 0 Å². The number of rotatable bonds is 2. The number of benzene rings is 2. The Morgan fingerprint density at radius 3 is 2.64 bits per heavy atom. The molecule has 0 atom stereocenters. The third-order valence-electron chi connectivity index (χ3n) is 4.95. The molecule has 0 spiro atoms. The van der Waals surface area contributed by atoms with Crippen molar-refractivity contribution in [1.29, 1.82) is 0 Å². The molecule has 1 aromatic heterocycles. The summed E-state index contributed by atoms with van der Waals surface area (Å²) >= 11 is 12.2. The molecule has 0 aliphatic carbocycles. The van der Waals surface area contributed by atoms with Crippen LogP contribution in [0, 0.1) is 11.6 Å². The van der Waals surface area contributed by atoms with Gasteiger partial charge in [0.25, 0.3) is 5.91 Å². The van der Waals surface area contributed by atoms with Crippen LogP contribution in [0.5, 0.6) is 0 Å². The van der Waals surface area contributed by atoms with Gasteiger partial charge in [-0.2, -0.15) is 0 Å². The molecule has 2 aromatic carbocycles. The number of carbonyl (C=O) groups is 1. The van der Waals surface area contributed by atoms with E-state index < -0.39 is 17.5 Å². The lowest BCUT2D eigenvalue weighted by Gasteiger charge is -2.21. The highest BCUT2D eigenvalue weighted by Gasteiger charge is 2.23. The van der Waals surface area contributed by atoms with Crippen LogP contribution in [0.2, 0.25) is 10.0 Å². The molecule has 4 rings (SSSR count). The van der Waals surface area contributed by atoms with Crippen LogP contribution >= 0.6 is 23.2 Å². The van der Waals surface area contributed by atoms with Crippen LogP contribution < -0.4 is 0 Å². The first kappa shape index (κ1) is 19.1. The minimum absolute atomic E-state index is 0.0253. The minimum Gasteiger partial charge on any atom is -0.302 e. The van der Waals surface area contributed by atoms with Crippen LogP contribution in [0.25, 0.3) is 16.5 Å². The second-order valence-corrected chi connectivity index (χ2v) is 7.71. The lowest BCUT2D eigenvalue weighted by atomic mass is 9.99. The van der Waals surface area contributed by atoms with E-state index in [1.165, 1.54) is 22.8 Å². The average Bonchev–Trinajstić information content (AvgIpc) is 3.03. The lowest BCUT2D eigenvalue weighted by Crippen LogP contribution is -2.23. The Morgan fingerprint density at radius 1 is 1.14 bits per heavy atom. The molecule has 0 unspecified atom stereocenters. The molecule has 1 aliphatic heterocycles. The SMILES string of the molecule is CN1CC=C(c2cn(C(=O)c3cc(Cl)ccc3Cl)c3c(F)cc(F)cc23)CC1. The maximum atomic E-state index is 14.7. The van der Waals surface area contributed by atoms with E-state index in [-0.39, 0.29) is 16.1 Å². The summed E-state index contributed by atoms with van der Waals surface area (Å²) < 4.78 is 29.9. The van der Waals surface area contributed by atoms with Gasteiger partial charge in [-0.05, 0) is 43.3 Å². The maximum absolute atomic E-state index is 14.7. The maximum Gasteiger partial charge on any atom is 0.264 e. The van der Waals surface area contributed by atoms with Gasteiger partial charge >= 0.3 is 0 Å². The van der Waals surface area contributed by atoms with Gasteiger partial charge in [0.15, 0.2) is 5.82 Å². The molecule has 3 nitrogen and oxygen atoms in total. The molecule has 0 fully saturated rings. The number of fused-ring (bicyclic) bond motifs is 1. The second kappa shape index (κ2) is 7.32. The summed E-state index contributed by atoms with van der Waals surface area (Å²) in [6.07, 6.45) is 4.30. The smallest absolute Gasteiger partial charge is 0.264 e. The van der Waals surface area contributed by atoms with Crippen LogP contribution in [0.3, 0.4) is 0 Å². The molecule has 28 heavy (non-hydrogen) atoms. The van der Waals surface area contributed by atoms with E-state index in [1.807, 2.05) is 13.1 Å². The van der Waals surface area contributed by atoms with Crippen LogP contribution in [0.15, 0.2) is 42.6 Å². The Bertz CT molecular complexity index is 1140. The zero-order chi connectivity index (χ0) is 20.0. The Hall–Kier alpha value is -2.21. The minimum atomic E-state index is -0.804. The molecule has 1 aliphatic rings. The second-order valence-electron chi connectivity index (χ2n) is 6.87. The molecule has 144 valence electrons. The molecule has 0 bridgehead atoms. The van der Waals surface area contributed by atoms with Gasteiger partial charge in [-0.1, -0.05) is 29.3 Å². The summed E-state index contributed by atoms with van der Waals surface area (Å²) in [5.74, 6) is -2.02. The van der Waals surface area contributed by atoms with E-state index in [4.69, 9.17) is 23.2 Å². The number of carbonyl (C=O) groups excluding carboxylic acids is 1. The third-order valence-corrected chi connectivity index (χ3v) is 5.52. The van der Waals surface area contributed by atoms with Crippen molar-refractivity contribution >= 4 is 45.6 Å². The van der Waals surface area contributed by atoms with E-state index in [9.17, 15) is 13.6 Å². The van der Waals surface area contributed by atoms with Crippen molar-refractivity contribution < 1.29 is 13.6 Å². The Kier molecular flexibility index (Phi) is 5.00. The largest absolute Gasteiger partial charge is 0.302 e. The van der Waals surface area contributed by atoms with Gasteiger partial charge in [-0.3, -0.25) is 9.36 Å². The summed E-state index contributed by atoms with van der Waals surface area (Å²) in [7, 11) is 2.00.